The van der Waals surface area contributed by atoms with Crippen molar-refractivity contribution in [2.45, 2.75) is 41.5 Å². The van der Waals surface area contributed by atoms with Gasteiger partial charge in [-0.15, -0.1) is 0 Å². The van der Waals surface area contributed by atoms with Crippen molar-refractivity contribution in [3.05, 3.63) is 0 Å². The molecule has 0 saturated carbocycles. The number of carbonyl (C=O) groups excluding carboxylic acids is 2. The lowest BCUT2D eigenvalue weighted by Crippen LogP contribution is -2.58. The first-order valence-electron chi connectivity index (χ1n) is 7.39. The van der Waals surface area contributed by atoms with E-state index in [1.54, 1.807) is 53.7 Å². The van der Waals surface area contributed by atoms with Gasteiger partial charge >= 0.3 is 11.9 Å². The Balaban J connectivity index is 6.59. The van der Waals surface area contributed by atoms with Crippen molar-refractivity contribution in [1.82, 2.24) is 0 Å². The van der Waals surface area contributed by atoms with Crippen LogP contribution in [0.2, 0.25) is 0 Å². The van der Waals surface area contributed by atoms with E-state index in [0.29, 0.717) is 0 Å². The molecule has 0 heterocycles. The molecular formula is C16H24N2O4. The van der Waals surface area contributed by atoms with E-state index in [2.05, 4.69) is 0 Å². The van der Waals surface area contributed by atoms with E-state index in [1.807, 2.05) is 0 Å². The molecule has 0 aliphatic carbocycles. The van der Waals surface area contributed by atoms with Gasteiger partial charge in [-0.25, -0.2) is 4.79 Å². The summed E-state index contributed by atoms with van der Waals surface area (Å²) in [6.07, 6.45) is 0. The zero-order chi connectivity index (χ0) is 17.6. The number of carbonyl (C=O) groups is 2. The molecule has 6 nitrogen and oxygen atoms in total. The lowest BCUT2D eigenvalue weighted by Gasteiger charge is -2.44. The molecule has 0 spiro atoms. The predicted molar refractivity (Wildman–Crippen MR) is 79.0 cm³/mol. The van der Waals surface area contributed by atoms with Gasteiger partial charge in [0.2, 0.25) is 0 Å². The molecule has 22 heavy (non-hydrogen) atoms. The van der Waals surface area contributed by atoms with Crippen LogP contribution in [0.5, 0.6) is 0 Å². The quantitative estimate of drug-likeness (QED) is 0.670. The molecule has 0 radical (unpaired) electrons. The fraction of sp³-hybridized carbons (Fsp3) is 0.750. The highest BCUT2D eigenvalue weighted by molar-refractivity contribution is 5.93. The number of nitrogens with zero attached hydrogens (tertiary/aromatic N) is 2. The highest BCUT2D eigenvalue weighted by atomic mass is 16.5. The lowest BCUT2D eigenvalue weighted by atomic mass is 9.53. The maximum absolute atomic E-state index is 12.7. The second-order valence-electron chi connectivity index (χ2n) is 5.59. The van der Waals surface area contributed by atoms with Gasteiger partial charge in [0.15, 0.2) is 0 Å². The molecule has 0 aliphatic rings. The standard InChI is InChI=1S/C16H24N2O4/c1-7-21-13(19)15(9-17,10-18)16(11(3)4,12(5)6)14(20)22-8-2/h11-12H,7-8H2,1-6H3. The highest BCUT2D eigenvalue weighted by Crippen LogP contribution is 2.52. The summed E-state index contributed by atoms with van der Waals surface area (Å²) < 4.78 is 10.1. The van der Waals surface area contributed by atoms with Crippen LogP contribution in [-0.2, 0) is 19.1 Å². The number of hydrogen-bond donors (Lipinski definition) is 0. The molecule has 0 unspecified atom stereocenters. The van der Waals surface area contributed by atoms with Gasteiger partial charge in [-0.05, 0) is 25.7 Å². The minimum Gasteiger partial charge on any atom is -0.465 e. The van der Waals surface area contributed by atoms with Gasteiger partial charge in [0.1, 0.15) is 5.41 Å². The summed E-state index contributed by atoms with van der Waals surface area (Å²) in [6, 6.07) is 3.51. The van der Waals surface area contributed by atoms with Crippen LogP contribution in [0.3, 0.4) is 0 Å². The third-order valence-corrected chi connectivity index (χ3v) is 3.97. The molecule has 0 rings (SSSR count). The third-order valence-electron chi connectivity index (χ3n) is 3.97. The molecular weight excluding hydrogens is 284 g/mol. The van der Waals surface area contributed by atoms with Crippen LogP contribution in [0.15, 0.2) is 0 Å². The normalized spacial score (nSPS) is 11.7. The molecule has 0 fully saturated rings. The molecule has 0 amide bonds. The summed E-state index contributed by atoms with van der Waals surface area (Å²) in [4.78, 5) is 25.1. The van der Waals surface area contributed by atoms with Gasteiger partial charge < -0.3 is 9.47 Å². The summed E-state index contributed by atoms with van der Waals surface area (Å²) >= 11 is 0. The number of esters is 2. The Morgan fingerprint density at radius 3 is 1.55 bits per heavy atom. The zero-order valence-electron chi connectivity index (χ0n) is 14.1. The van der Waals surface area contributed by atoms with E-state index in [4.69, 9.17) is 9.47 Å². The molecule has 0 aliphatic heterocycles. The number of nitriles is 2. The number of hydrogen-bond acceptors (Lipinski definition) is 6. The Bertz CT molecular complexity index is 475. The van der Waals surface area contributed by atoms with E-state index in [0.717, 1.165) is 0 Å². The SMILES string of the molecule is CCOC(=O)C(C#N)(C#N)C(C(=O)OCC)(C(C)C)C(C)C. The fourth-order valence-electron chi connectivity index (χ4n) is 3.12. The second kappa shape index (κ2) is 7.79. The Morgan fingerprint density at radius 2 is 1.27 bits per heavy atom. The van der Waals surface area contributed by atoms with E-state index in [-0.39, 0.29) is 13.2 Å². The predicted octanol–water partition coefficient (Wildman–Crippen LogP) is 2.44. The molecule has 0 atom stereocenters. The second-order valence-corrected chi connectivity index (χ2v) is 5.59. The maximum atomic E-state index is 12.7. The van der Waals surface area contributed by atoms with Crippen LogP contribution in [0.4, 0.5) is 0 Å². The molecule has 0 aromatic carbocycles. The Morgan fingerprint density at radius 1 is 0.909 bits per heavy atom. The average Bonchev–Trinajstić information content (AvgIpc) is 2.44. The topological polar surface area (TPSA) is 100 Å². The van der Waals surface area contributed by atoms with E-state index >= 15 is 0 Å². The first-order valence-corrected chi connectivity index (χ1v) is 7.39. The van der Waals surface area contributed by atoms with Crippen LogP contribution in [0, 0.1) is 45.3 Å². The number of rotatable bonds is 7. The van der Waals surface area contributed by atoms with Crippen LogP contribution in [0.1, 0.15) is 41.5 Å². The highest BCUT2D eigenvalue weighted by Gasteiger charge is 2.67. The fourth-order valence-corrected chi connectivity index (χ4v) is 3.12. The molecule has 0 aromatic rings. The molecule has 6 heteroatoms. The molecule has 0 N–H and O–H groups in total. The first kappa shape index (κ1) is 19.9. The van der Waals surface area contributed by atoms with Gasteiger partial charge in [0, 0.05) is 0 Å². The van der Waals surface area contributed by atoms with Gasteiger partial charge in [0.05, 0.1) is 25.4 Å². The number of ether oxygens (including phenoxy) is 2. The average molecular weight is 308 g/mol. The van der Waals surface area contributed by atoms with Crippen molar-refractivity contribution >= 4 is 11.9 Å². The molecule has 0 saturated heterocycles. The summed E-state index contributed by atoms with van der Waals surface area (Å²) in [6.45, 7) is 10.1. The third kappa shape index (κ3) is 2.78. The lowest BCUT2D eigenvalue weighted by molar-refractivity contribution is -0.181. The summed E-state index contributed by atoms with van der Waals surface area (Å²) in [7, 11) is 0. The van der Waals surface area contributed by atoms with Gasteiger partial charge in [0.25, 0.3) is 5.41 Å². The van der Waals surface area contributed by atoms with E-state index in [1.165, 1.54) is 0 Å². The van der Waals surface area contributed by atoms with Crippen molar-refractivity contribution in [3.63, 3.8) is 0 Å². The summed E-state index contributed by atoms with van der Waals surface area (Å²) in [5.74, 6) is -2.68. The van der Waals surface area contributed by atoms with Crippen molar-refractivity contribution in [3.8, 4) is 12.1 Å². The minimum atomic E-state index is -2.25. The maximum Gasteiger partial charge on any atom is 0.342 e. The van der Waals surface area contributed by atoms with Crippen molar-refractivity contribution in [2.24, 2.45) is 22.7 Å². The van der Waals surface area contributed by atoms with Crippen LogP contribution < -0.4 is 0 Å². The first-order chi connectivity index (χ1) is 10.2. The van der Waals surface area contributed by atoms with Crippen molar-refractivity contribution in [1.29, 1.82) is 10.5 Å². The smallest absolute Gasteiger partial charge is 0.342 e. The summed E-state index contributed by atoms with van der Waals surface area (Å²) in [5.41, 5.74) is -3.86. The monoisotopic (exact) mass is 308 g/mol. The Kier molecular flexibility index (Phi) is 7.06. The Hall–Kier alpha value is -2.08. The van der Waals surface area contributed by atoms with Gasteiger partial charge in [-0.1, -0.05) is 27.7 Å². The molecule has 122 valence electrons. The van der Waals surface area contributed by atoms with Gasteiger partial charge in [-0.3, -0.25) is 4.79 Å². The van der Waals surface area contributed by atoms with E-state index in [9.17, 15) is 20.1 Å². The van der Waals surface area contributed by atoms with Crippen LogP contribution >= 0.6 is 0 Å². The largest absolute Gasteiger partial charge is 0.465 e. The van der Waals surface area contributed by atoms with E-state index < -0.39 is 34.6 Å². The molecule has 0 aromatic heterocycles. The van der Waals surface area contributed by atoms with Crippen molar-refractivity contribution < 1.29 is 19.1 Å². The van der Waals surface area contributed by atoms with Crippen LogP contribution in [0.25, 0.3) is 0 Å². The minimum absolute atomic E-state index is 0.0129. The summed E-state index contributed by atoms with van der Waals surface area (Å²) in [5, 5.41) is 19.3. The van der Waals surface area contributed by atoms with Gasteiger partial charge in [-0.2, -0.15) is 10.5 Å². The molecule has 0 bridgehead atoms. The zero-order valence-corrected chi connectivity index (χ0v) is 14.1. The van der Waals surface area contributed by atoms with Crippen molar-refractivity contribution in [2.75, 3.05) is 13.2 Å². The Labute approximate surface area is 132 Å². The van der Waals surface area contributed by atoms with Crippen LogP contribution in [-0.4, -0.2) is 25.2 Å².